The molecule has 1 aromatic heterocycles. The molecule has 0 aliphatic heterocycles. The van der Waals surface area contributed by atoms with Crippen LogP contribution in [0.25, 0.3) is 5.57 Å². The van der Waals surface area contributed by atoms with Gasteiger partial charge in [0.25, 0.3) is 0 Å². The zero-order chi connectivity index (χ0) is 10.6. The van der Waals surface area contributed by atoms with Crippen LogP contribution < -0.4 is 0 Å². The molecule has 0 aromatic carbocycles. The Kier molecular flexibility index (Phi) is 3.69. The van der Waals surface area contributed by atoms with Crippen molar-refractivity contribution < 1.29 is 4.52 Å². The number of aryl methyl sites for hydroxylation is 1. The van der Waals surface area contributed by atoms with Crippen LogP contribution in [0, 0.1) is 12.8 Å². The molecule has 0 atom stereocenters. The van der Waals surface area contributed by atoms with Crippen molar-refractivity contribution in [3.63, 3.8) is 0 Å². The van der Waals surface area contributed by atoms with E-state index < -0.39 is 0 Å². The molecule has 0 bridgehead atoms. The van der Waals surface area contributed by atoms with Crippen LogP contribution in [0.3, 0.4) is 0 Å². The van der Waals surface area contributed by atoms with Gasteiger partial charge in [-0.15, -0.1) is 6.58 Å². The second kappa shape index (κ2) is 4.80. The van der Waals surface area contributed by atoms with Crippen molar-refractivity contribution in [3.05, 3.63) is 36.3 Å². The molecule has 1 heterocycles. The number of hydrogen-bond acceptors (Lipinski definition) is 2. The van der Waals surface area contributed by atoms with E-state index in [1.807, 2.05) is 13.0 Å². The number of hydrogen-bond donors (Lipinski definition) is 0. The van der Waals surface area contributed by atoms with Gasteiger partial charge < -0.3 is 4.52 Å². The molecule has 1 aromatic rings. The molecule has 2 nitrogen and oxygen atoms in total. The summed E-state index contributed by atoms with van der Waals surface area (Å²) in [5.74, 6) is 1.35. The lowest BCUT2D eigenvalue weighted by Gasteiger charge is -2.08. The van der Waals surface area contributed by atoms with E-state index in [1.54, 1.807) is 6.20 Å². The van der Waals surface area contributed by atoms with Crippen molar-refractivity contribution in [3.8, 4) is 0 Å². The predicted octanol–water partition coefficient (Wildman–Crippen LogP) is 3.60. The summed E-state index contributed by atoms with van der Waals surface area (Å²) < 4.78 is 5.23. The summed E-state index contributed by atoms with van der Waals surface area (Å²) in [5.41, 5.74) is 2.30. The molecule has 0 radical (unpaired) electrons. The third-order valence-electron chi connectivity index (χ3n) is 2.14. The summed E-state index contributed by atoms with van der Waals surface area (Å²) in [6.45, 7) is 10.0. The predicted molar refractivity (Wildman–Crippen MR) is 58.9 cm³/mol. The molecule has 14 heavy (non-hydrogen) atoms. The second-order valence-corrected chi connectivity index (χ2v) is 3.68. The summed E-state index contributed by atoms with van der Waals surface area (Å²) in [4.78, 5) is 0. The lowest BCUT2D eigenvalue weighted by atomic mass is 9.97. The maximum Gasteiger partial charge on any atom is 0.165 e. The summed E-state index contributed by atoms with van der Waals surface area (Å²) in [6.07, 6.45) is 6.65. The number of aromatic nitrogens is 1. The van der Waals surface area contributed by atoms with Crippen molar-refractivity contribution in [2.45, 2.75) is 27.2 Å². The Morgan fingerprint density at radius 3 is 2.79 bits per heavy atom. The van der Waals surface area contributed by atoms with Gasteiger partial charge in [-0.3, -0.25) is 0 Å². The molecule has 2 heteroatoms. The molecule has 0 N–H and O–H groups in total. The fraction of sp³-hybridized carbons (Fsp3) is 0.417. The average Bonchev–Trinajstić information content (AvgIpc) is 2.52. The summed E-state index contributed by atoms with van der Waals surface area (Å²) >= 11 is 0. The van der Waals surface area contributed by atoms with E-state index in [-0.39, 0.29) is 0 Å². The summed E-state index contributed by atoms with van der Waals surface area (Å²) in [5, 5.41) is 3.79. The van der Waals surface area contributed by atoms with Crippen LogP contribution in [0.5, 0.6) is 0 Å². The quantitative estimate of drug-likeness (QED) is 0.679. The fourth-order valence-corrected chi connectivity index (χ4v) is 1.37. The van der Waals surface area contributed by atoms with Crippen molar-refractivity contribution in [2.24, 2.45) is 5.92 Å². The van der Waals surface area contributed by atoms with Gasteiger partial charge in [0.2, 0.25) is 0 Å². The standard InChI is InChI=1S/C12H17NO/c1-5-6-7-11(9(2)3)12-10(4)8-13-14-12/h5,7-9H,1,6H2,2-4H3/b11-7-. The van der Waals surface area contributed by atoms with Crippen molar-refractivity contribution in [1.82, 2.24) is 5.16 Å². The van der Waals surface area contributed by atoms with Crippen LogP contribution in [-0.4, -0.2) is 5.16 Å². The van der Waals surface area contributed by atoms with Gasteiger partial charge in [-0.2, -0.15) is 0 Å². The highest BCUT2D eigenvalue weighted by Crippen LogP contribution is 2.26. The topological polar surface area (TPSA) is 26.0 Å². The Hall–Kier alpha value is -1.31. The van der Waals surface area contributed by atoms with Gasteiger partial charge >= 0.3 is 0 Å². The molecule has 0 saturated carbocycles. The summed E-state index contributed by atoms with van der Waals surface area (Å²) in [7, 11) is 0. The highest BCUT2D eigenvalue weighted by Gasteiger charge is 2.12. The highest BCUT2D eigenvalue weighted by molar-refractivity contribution is 5.64. The third kappa shape index (κ3) is 2.34. The molecular weight excluding hydrogens is 174 g/mol. The minimum absolute atomic E-state index is 0.446. The van der Waals surface area contributed by atoms with Crippen LogP contribution in [0.4, 0.5) is 0 Å². The van der Waals surface area contributed by atoms with Gasteiger partial charge in [0.1, 0.15) is 0 Å². The molecule has 0 saturated heterocycles. The summed E-state index contributed by atoms with van der Waals surface area (Å²) in [6, 6.07) is 0. The zero-order valence-electron chi connectivity index (χ0n) is 9.08. The molecule has 0 unspecified atom stereocenters. The van der Waals surface area contributed by atoms with E-state index in [1.165, 1.54) is 5.57 Å². The zero-order valence-corrected chi connectivity index (χ0v) is 9.08. The first-order valence-electron chi connectivity index (χ1n) is 4.89. The number of nitrogens with zero attached hydrogens (tertiary/aromatic N) is 1. The molecule has 0 fully saturated rings. The van der Waals surface area contributed by atoms with E-state index >= 15 is 0 Å². The number of rotatable bonds is 4. The first kappa shape index (κ1) is 10.8. The third-order valence-corrected chi connectivity index (χ3v) is 2.14. The van der Waals surface area contributed by atoms with E-state index in [9.17, 15) is 0 Å². The Labute approximate surface area is 85.3 Å². The second-order valence-electron chi connectivity index (χ2n) is 3.68. The average molecular weight is 191 g/mol. The van der Waals surface area contributed by atoms with Gasteiger partial charge in [0.15, 0.2) is 5.76 Å². The van der Waals surface area contributed by atoms with Gasteiger partial charge in [-0.1, -0.05) is 31.2 Å². The lowest BCUT2D eigenvalue weighted by Crippen LogP contribution is -1.93. The molecule has 0 aliphatic carbocycles. The van der Waals surface area contributed by atoms with Crippen LogP contribution in [-0.2, 0) is 0 Å². The van der Waals surface area contributed by atoms with Crippen molar-refractivity contribution in [2.75, 3.05) is 0 Å². The van der Waals surface area contributed by atoms with Crippen molar-refractivity contribution >= 4 is 5.57 Å². The normalized spacial score (nSPS) is 12.1. The largest absolute Gasteiger partial charge is 0.356 e. The SMILES string of the molecule is C=CC/C=C(\c1oncc1C)C(C)C. The van der Waals surface area contributed by atoms with E-state index in [2.05, 4.69) is 31.7 Å². The Morgan fingerprint density at radius 2 is 2.36 bits per heavy atom. The fourth-order valence-electron chi connectivity index (χ4n) is 1.37. The molecule has 1 rings (SSSR count). The number of allylic oxidation sites excluding steroid dienone is 3. The Bertz CT molecular complexity index is 334. The van der Waals surface area contributed by atoms with Crippen LogP contribution >= 0.6 is 0 Å². The van der Waals surface area contributed by atoms with Gasteiger partial charge in [0, 0.05) is 5.56 Å². The Balaban J connectivity index is 3.00. The minimum atomic E-state index is 0.446. The van der Waals surface area contributed by atoms with Gasteiger partial charge in [0.05, 0.1) is 6.20 Å². The molecule has 0 spiro atoms. The maximum atomic E-state index is 5.23. The lowest BCUT2D eigenvalue weighted by molar-refractivity contribution is 0.406. The first-order valence-corrected chi connectivity index (χ1v) is 4.89. The van der Waals surface area contributed by atoms with Gasteiger partial charge in [-0.25, -0.2) is 0 Å². The molecule has 0 amide bonds. The molecule has 0 aliphatic rings. The molecular formula is C12H17NO. The first-order chi connectivity index (χ1) is 6.66. The van der Waals surface area contributed by atoms with Gasteiger partial charge in [-0.05, 0) is 24.8 Å². The molecule has 76 valence electrons. The van der Waals surface area contributed by atoms with E-state index in [4.69, 9.17) is 4.52 Å². The maximum absolute atomic E-state index is 5.23. The van der Waals surface area contributed by atoms with E-state index in [0.29, 0.717) is 5.92 Å². The Morgan fingerprint density at radius 1 is 1.64 bits per heavy atom. The van der Waals surface area contributed by atoms with Crippen LogP contribution in [0.1, 0.15) is 31.6 Å². The van der Waals surface area contributed by atoms with E-state index in [0.717, 1.165) is 17.7 Å². The minimum Gasteiger partial charge on any atom is -0.356 e. The highest BCUT2D eigenvalue weighted by atomic mass is 16.5. The monoisotopic (exact) mass is 191 g/mol. The van der Waals surface area contributed by atoms with Crippen molar-refractivity contribution in [1.29, 1.82) is 0 Å². The van der Waals surface area contributed by atoms with Crippen LogP contribution in [0.15, 0.2) is 29.5 Å². The smallest absolute Gasteiger partial charge is 0.165 e. The van der Waals surface area contributed by atoms with Crippen LogP contribution in [0.2, 0.25) is 0 Å².